The van der Waals surface area contributed by atoms with Gasteiger partial charge in [-0.15, -0.1) is 0 Å². The number of rotatable bonds is 7. The van der Waals surface area contributed by atoms with Crippen molar-refractivity contribution in [1.29, 1.82) is 0 Å². The third kappa shape index (κ3) is 4.82. The normalized spacial score (nSPS) is 11.6. The predicted molar refractivity (Wildman–Crippen MR) is 97.5 cm³/mol. The van der Waals surface area contributed by atoms with E-state index in [0.717, 1.165) is 23.5 Å². The quantitative estimate of drug-likeness (QED) is 0.452. The van der Waals surface area contributed by atoms with Gasteiger partial charge in [0.15, 0.2) is 0 Å². The van der Waals surface area contributed by atoms with E-state index in [4.69, 9.17) is 4.42 Å². The molecule has 1 aromatic heterocycles. The van der Waals surface area contributed by atoms with Crippen LogP contribution in [0.3, 0.4) is 0 Å². The average molecular weight is 326 g/mol. The fraction of sp³-hybridized carbons (Fsp3) is 0.400. The Hall–Kier alpha value is -2.36. The summed E-state index contributed by atoms with van der Waals surface area (Å²) in [6, 6.07) is 10.1. The van der Waals surface area contributed by atoms with Crippen molar-refractivity contribution < 1.29 is 9.21 Å². The van der Waals surface area contributed by atoms with Gasteiger partial charge in [0.1, 0.15) is 11.5 Å². The Morgan fingerprint density at radius 3 is 2.46 bits per heavy atom. The van der Waals surface area contributed by atoms with Gasteiger partial charge in [-0.3, -0.25) is 4.79 Å². The number of aryl methyl sites for hydroxylation is 3. The second-order valence-corrected chi connectivity index (χ2v) is 6.12. The van der Waals surface area contributed by atoms with Crippen molar-refractivity contribution in [2.24, 2.45) is 5.10 Å². The summed E-state index contributed by atoms with van der Waals surface area (Å²) in [6.07, 6.45) is 4.84. The molecule has 0 saturated carbocycles. The molecule has 2 rings (SSSR count). The molecule has 0 atom stereocenters. The van der Waals surface area contributed by atoms with Crippen LogP contribution in [0.4, 0.5) is 0 Å². The summed E-state index contributed by atoms with van der Waals surface area (Å²) < 4.78 is 5.37. The first-order chi connectivity index (χ1) is 11.5. The largest absolute Gasteiger partial charge is 0.466 e. The maximum atomic E-state index is 12.1. The Labute approximate surface area is 144 Å². The van der Waals surface area contributed by atoms with Crippen molar-refractivity contribution >= 4 is 11.6 Å². The first kappa shape index (κ1) is 18.0. The molecule has 0 aliphatic carbocycles. The molecule has 4 nitrogen and oxygen atoms in total. The molecule has 1 amide bonds. The Bertz CT molecular complexity index is 712. The van der Waals surface area contributed by atoms with E-state index < -0.39 is 0 Å². The standard InChI is InChI=1S/C20H26N2O2/c1-5-6-7-8-17-9-11-18(12-10-17)15(3)21-22-20(23)19-13-14(2)24-16(19)4/h9-13H,5-8H2,1-4H3,(H,22,23)/b21-15+. The van der Waals surface area contributed by atoms with Crippen LogP contribution in [0.15, 0.2) is 39.9 Å². The third-order valence-corrected chi connectivity index (χ3v) is 4.05. The van der Waals surface area contributed by atoms with E-state index in [0.29, 0.717) is 11.3 Å². The van der Waals surface area contributed by atoms with Crippen molar-refractivity contribution in [1.82, 2.24) is 5.43 Å². The van der Waals surface area contributed by atoms with Gasteiger partial charge in [-0.05, 0) is 50.8 Å². The second-order valence-electron chi connectivity index (χ2n) is 6.12. The zero-order valence-corrected chi connectivity index (χ0v) is 15.0. The molecule has 1 heterocycles. The lowest BCUT2D eigenvalue weighted by Gasteiger charge is -2.05. The molecular formula is C20H26N2O2. The minimum atomic E-state index is -0.250. The molecule has 0 bridgehead atoms. The number of nitrogens with zero attached hydrogens (tertiary/aromatic N) is 1. The maximum absolute atomic E-state index is 12.1. The molecule has 0 aliphatic heterocycles. The number of furan rings is 1. The molecule has 1 aromatic carbocycles. The van der Waals surface area contributed by atoms with Gasteiger partial charge in [-0.1, -0.05) is 44.0 Å². The monoisotopic (exact) mass is 326 g/mol. The zero-order chi connectivity index (χ0) is 17.5. The molecule has 1 N–H and O–H groups in total. The molecular weight excluding hydrogens is 300 g/mol. The Morgan fingerprint density at radius 2 is 1.88 bits per heavy atom. The highest BCUT2D eigenvalue weighted by Crippen LogP contribution is 2.13. The van der Waals surface area contributed by atoms with E-state index >= 15 is 0 Å². The molecule has 0 saturated heterocycles. The molecule has 128 valence electrons. The fourth-order valence-electron chi connectivity index (χ4n) is 2.61. The third-order valence-electron chi connectivity index (χ3n) is 4.05. The SMILES string of the molecule is CCCCCc1ccc(/C(C)=N/NC(=O)c2cc(C)oc2C)cc1. The van der Waals surface area contributed by atoms with Gasteiger partial charge in [0.05, 0.1) is 11.3 Å². The van der Waals surface area contributed by atoms with Crippen LogP contribution in [0.25, 0.3) is 0 Å². The molecule has 24 heavy (non-hydrogen) atoms. The minimum Gasteiger partial charge on any atom is -0.466 e. The van der Waals surface area contributed by atoms with Gasteiger partial charge in [0.25, 0.3) is 5.91 Å². The highest BCUT2D eigenvalue weighted by molar-refractivity contribution is 6.01. The second kappa shape index (κ2) is 8.48. The topological polar surface area (TPSA) is 54.6 Å². The van der Waals surface area contributed by atoms with Gasteiger partial charge in [-0.25, -0.2) is 5.43 Å². The lowest BCUT2D eigenvalue weighted by molar-refractivity contribution is 0.0953. The summed E-state index contributed by atoms with van der Waals surface area (Å²) in [4.78, 5) is 12.1. The van der Waals surface area contributed by atoms with Crippen molar-refractivity contribution in [3.63, 3.8) is 0 Å². The van der Waals surface area contributed by atoms with E-state index in [1.165, 1.54) is 24.8 Å². The molecule has 0 fully saturated rings. The van der Waals surface area contributed by atoms with Crippen LogP contribution >= 0.6 is 0 Å². The first-order valence-electron chi connectivity index (χ1n) is 8.52. The van der Waals surface area contributed by atoms with Gasteiger partial charge >= 0.3 is 0 Å². The lowest BCUT2D eigenvalue weighted by atomic mass is 10.0. The Balaban J connectivity index is 1.97. The molecule has 0 aliphatic rings. The number of amides is 1. The average Bonchev–Trinajstić information content (AvgIpc) is 2.91. The predicted octanol–water partition coefficient (Wildman–Crippen LogP) is 4.78. The molecule has 0 radical (unpaired) electrons. The molecule has 4 heteroatoms. The molecule has 2 aromatic rings. The van der Waals surface area contributed by atoms with Crippen LogP contribution < -0.4 is 5.43 Å². The summed E-state index contributed by atoms with van der Waals surface area (Å²) in [7, 11) is 0. The van der Waals surface area contributed by atoms with Crippen LogP contribution in [0.2, 0.25) is 0 Å². The van der Waals surface area contributed by atoms with Gasteiger partial charge < -0.3 is 4.42 Å². The summed E-state index contributed by atoms with van der Waals surface area (Å²) in [6.45, 7) is 7.69. The Kier molecular flexibility index (Phi) is 6.36. The van der Waals surface area contributed by atoms with E-state index in [-0.39, 0.29) is 5.91 Å². The molecule has 0 spiro atoms. The van der Waals surface area contributed by atoms with E-state index in [2.05, 4.69) is 41.7 Å². The number of benzene rings is 1. The van der Waals surface area contributed by atoms with Crippen molar-refractivity contribution in [2.45, 2.75) is 53.4 Å². The highest BCUT2D eigenvalue weighted by atomic mass is 16.3. The summed E-state index contributed by atoms with van der Waals surface area (Å²) >= 11 is 0. The zero-order valence-electron chi connectivity index (χ0n) is 15.0. The molecule has 0 unspecified atom stereocenters. The number of hydrogen-bond donors (Lipinski definition) is 1. The smallest absolute Gasteiger partial charge is 0.274 e. The Morgan fingerprint density at radius 1 is 1.17 bits per heavy atom. The number of carbonyl (C=O) groups is 1. The number of hydrazone groups is 1. The van der Waals surface area contributed by atoms with Crippen LogP contribution in [-0.4, -0.2) is 11.6 Å². The summed E-state index contributed by atoms with van der Waals surface area (Å²) in [5.41, 5.74) is 6.25. The van der Waals surface area contributed by atoms with Crippen molar-refractivity contribution in [3.05, 3.63) is 58.5 Å². The van der Waals surface area contributed by atoms with E-state index in [9.17, 15) is 4.79 Å². The fourth-order valence-corrected chi connectivity index (χ4v) is 2.61. The van der Waals surface area contributed by atoms with Crippen LogP contribution in [0.1, 0.15) is 66.1 Å². The van der Waals surface area contributed by atoms with E-state index in [1.54, 1.807) is 13.0 Å². The first-order valence-corrected chi connectivity index (χ1v) is 8.52. The number of carbonyl (C=O) groups excluding carboxylic acids is 1. The number of hydrogen-bond acceptors (Lipinski definition) is 3. The van der Waals surface area contributed by atoms with Gasteiger partial charge in [-0.2, -0.15) is 5.10 Å². The van der Waals surface area contributed by atoms with Crippen LogP contribution in [0, 0.1) is 13.8 Å². The number of unbranched alkanes of at least 4 members (excludes halogenated alkanes) is 2. The van der Waals surface area contributed by atoms with Gasteiger partial charge in [0.2, 0.25) is 0 Å². The minimum absolute atomic E-state index is 0.250. The van der Waals surface area contributed by atoms with Crippen molar-refractivity contribution in [3.8, 4) is 0 Å². The summed E-state index contributed by atoms with van der Waals surface area (Å²) in [5, 5.41) is 4.20. The number of nitrogens with one attached hydrogen (secondary N) is 1. The summed E-state index contributed by atoms with van der Waals surface area (Å²) in [5.74, 6) is 1.08. The van der Waals surface area contributed by atoms with Crippen molar-refractivity contribution in [2.75, 3.05) is 0 Å². The van der Waals surface area contributed by atoms with Crippen LogP contribution in [0.5, 0.6) is 0 Å². The van der Waals surface area contributed by atoms with Crippen LogP contribution in [-0.2, 0) is 6.42 Å². The van der Waals surface area contributed by atoms with Gasteiger partial charge in [0, 0.05) is 0 Å². The lowest BCUT2D eigenvalue weighted by Crippen LogP contribution is -2.19. The van der Waals surface area contributed by atoms with E-state index in [1.807, 2.05) is 13.8 Å². The highest BCUT2D eigenvalue weighted by Gasteiger charge is 2.12. The maximum Gasteiger partial charge on any atom is 0.274 e.